The van der Waals surface area contributed by atoms with Crippen LogP contribution in [0, 0.1) is 0 Å². The summed E-state index contributed by atoms with van der Waals surface area (Å²) in [6.07, 6.45) is 1.68. The van der Waals surface area contributed by atoms with E-state index in [1.165, 1.54) is 0 Å². The Balaban J connectivity index is 2.61. The maximum atomic E-state index is 11.6. The zero-order valence-corrected chi connectivity index (χ0v) is 10.4. The summed E-state index contributed by atoms with van der Waals surface area (Å²) in [5.74, 6) is 0.188. The van der Waals surface area contributed by atoms with Gasteiger partial charge in [-0.15, -0.1) is 0 Å². The quantitative estimate of drug-likeness (QED) is 0.714. The predicted molar refractivity (Wildman–Crippen MR) is 61.0 cm³/mol. The highest BCUT2D eigenvalue weighted by atomic mass is 16.5. The third-order valence-electron chi connectivity index (χ3n) is 3.40. The number of piperidine rings is 1. The van der Waals surface area contributed by atoms with E-state index >= 15 is 0 Å². The van der Waals surface area contributed by atoms with E-state index in [-0.39, 0.29) is 5.78 Å². The fourth-order valence-corrected chi connectivity index (χ4v) is 2.28. The van der Waals surface area contributed by atoms with Crippen molar-refractivity contribution < 1.29 is 9.53 Å². The summed E-state index contributed by atoms with van der Waals surface area (Å²) in [4.78, 5) is 14.0. The average molecular weight is 213 g/mol. The zero-order chi connectivity index (χ0) is 11.5. The van der Waals surface area contributed by atoms with Crippen LogP contribution >= 0.6 is 0 Å². The van der Waals surface area contributed by atoms with Gasteiger partial charge in [-0.1, -0.05) is 0 Å². The van der Waals surface area contributed by atoms with E-state index in [4.69, 9.17) is 4.74 Å². The molecule has 0 unspecified atom stereocenters. The van der Waals surface area contributed by atoms with Gasteiger partial charge in [-0.2, -0.15) is 0 Å². The minimum Gasteiger partial charge on any atom is -0.367 e. The van der Waals surface area contributed by atoms with Crippen molar-refractivity contribution in [3.63, 3.8) is 0 Å². The molecule has 0 spiro atoms. The lowest BCUT2D eigenvalue weighted by Crippen LogP contribution is -2.51. The SMILES string of the molecule is CCOC1(C(C)=O)CCN(C(C)C)CC1. The van der Waals surface area contributed by atoms with E-state index in [1.54, 1.807) is 6.92 Å². The lowest BCUT2D eigenvalue weighted by molar-refractivity contribution is -0.149. The second-order valence-corrected chi connectivity index (χ2v) is 4.61. The number of nitrogens with zero attached hydrogens (tertiary/aromatic N) is 1. The number of Topliss-reactive ketones (excluding diaryl/α,β-unsaturated/α-hetero) is 1. The van der Waals surface area contributed by atoms with Crippen molar-refractivity contribution in [3.8, 4) is 0 Å². The van der Waals surface area contributed by atoms with Crippen LogP contribution < -0.4 is 0 Å². The lowest BCUT2D eigenvalue weighted by Gasteiger charge is -2.41. The highest BCUT2D eigenvalue weighted by molar-refractivity contribution is 5.85. The van der Waals surface area contributed by atoms with Gasteiger partial charge in [0.2, 0.25) is 0 Å². The monoisotopic (exact) mass is 213 g/mol. The molecule has 0 N–H and O–H groups in total. The van der Waals surface area contributed by atoms with Gasteiger partial charge in [0.05, 0.1) is 0 Å². The molecule has 0 aromatic carbocycles. The van der Waals surface area contributed by atoms with Gasteiger partial charge in [0.1, 0.15) is 5.60 Å². The smallest absolute Gasteiger partial charge is 0.161 e. The number of hydrogen-bond donors (Lipinski definition) is 0. The second kappa shape index (κ2) is 5.08. The van der Waals surface area contributed by atoms with Crippen LogP contribution in [0.5, 0.6) is 0 Å². The van der Waals surface area contributed by atoms with Gasteiger partial charge >= 0.3 is 0 Å². The highest BCUT2D eigenvalue weighted by Gasteiger charge is 2.39. The van der Waals surface area contributed by atoms with Gasteiger partial charge in [-0.05, 0) is 40.5 Å². The molecular weight excluding hydrogens is 190 g/mol. The van der Waals surface area contributed by atoms with Crippen molar-refractivity contribution >= 4 is 5.78 Å². The molecule has 1 heterocycles. The van der Waals surface area contributed by atoms with Crippen LogP contribution in [0.1, 0.15) is 40.5 Å². The molecule has 88 valence electrons. The first-order valence-corrected chi connectivity index (χ1v) is 5.91. The first-order chi connectivity index (χ1) is 7.02. The second-order valence-electron chi connectivity index (χ2n) is 4.61. The molecule has 0 bridgehead atoms. The largest absolute Gasteiger partial charge is 0.367 e. The Morgan fingerprint density at radius 2 is 1.93 bits per heavy atom. The Bertz CT molecular complexity index is 218. The first-order valence-electron chi connectivity index (χ1n) is 5.91. The molecule has 1 rings (SSSR count). The fourth-order valence-electron chi connectivity index (χ4n) is 2.28. The van der Waals surface area contributed by atoms with Crippen molar-refractivity contribution in [1.82, 2.24) is 4.90 Å². The van der Waals surface area contributed by atoms with E-state index in [0.717, 1.165) is 25.9 Å². The number of rotatable bonds is 4. The Kier molecular flexibility index (Phi) is 4.29. The van der Waals surface area contributed by atoms with Crippen molar-refractivity contribution in [2.45, 2.75) is 52.2 Å². The third-order valence-corrected chi connectivity index (χ3v) is 3.40. The Morgan fingerprint density at radius 1 is 1.40 bits per heavy atom. The molecule has 1 aliphatic rings. The first kappa shape index (κ1) is 12.7. The molecule has 0 aromatic rings. The predicted octanol–water partition coefficient (Wildman–Crippen LogP) is 1.85. The number of ketones is 1. The number of hydrogen-bond acceptors (Lipinski definition) is 3. The summed E-state index contributed by atoms with van der Waals surface area (Å²) in [6.45, 7) is 10.6. The molecule has 0 radical (unpaired) electrons. The van der Waals surface area contributed by atoms with Crippen molar-refractivity contribution in [2.24, 2.45) is 0 Å². The zero-order valence-electron chi connectivity index (χ0n) is 10.4. The third kappa shape index (κ3) is 2.79. The minimum absolute atomic E-state index is 0.188. The van der Waals surface area contributed by atoms with Crippen molar-refractivity contribution in [1.29, 1.82) is 0 Å². The van der Waals surface area contributed by atoms with E-state index < -0.39 is 5.60 Å². The molecule has 0 aromatic heterocycles. The number of likely N-dealkylation sites (tertiary alicyclic amines) is 1. The van der Waals surface area contributed by atoms with Gasteiger partial charge in [-0.25, -0.2) is 0 Å². The molecule has 1 saturated heterocycles. The topological polar surface area (TPSA) is 29.5 Å². The summed E-state index contributed by atoms with van der Waals surface area (Å²) in [7, 11) is 0. The molecule has 0 amide bonds. The van der Waals surface area contributed by atoms with Crippen LogP contribution in [0.3, 0.4) is 0 Å². The minimum atomic E-state index is -0.486. The van der Waals surface area contributed by atoms with Gasteiger partial charge in [0.15, 0.2) is 5.78 Å². The van der Waals surface area contributed by atoms with Crippen LogP contribution in [0.2, 0.25) is 0 Å². The molecular formula is C12H23NO2. The Morgan fingerprint density at radius 3 is 2.27 bits per heavy atom. The van der Waals surface area contributed by atoms with Crippen LogP contribution in [0.15, 0.2) is 0 Å². The van der Waals surface area contributed by atoms with Crippen molar-refractivity contribution in [2.75, 3.05) is 19.7 Å². The van der Waals surface area contributed by atoms with Crippen LogP contribution in [0.25, 0.3) is 0 Å². The number of ether oxygens (including phenoxy) is 1. The molecule has 1 fully saturated rings. The molecule has 3 heteroatoms. The van der Waals surface area contributed by atoms with Crippen LogP contribution in [0.4, 0.5) is 0 Å². The Hall–Kier alpha value is -0.410. The molecule has 15 heavy (non-hydrogen) atoms. The van der Waals surface area contributed by atoms with E-state index in [0.29, 0.717) is 12.6 Å². The van der Waals surface area contributed by atoms with Gasteiger partial charge in [-0.3, -0.25) is 4.79 Å². The highest BCUT2D eigenvalue weighted by Crippen LogP contribution is 2.28. The van der Waals surface area contributed by atoms with E-state index in [1.807, 2.05) is 6.92 Å². The van der Waals surface area contributed by atoms with Crippen LogP contribution in [-0.2, 0) is 9.53 Å². The summed E-state index contributed by atoms with van der Waals surface area (Å²) in [5, 5.41) is 0. The summed E-state index contributed by atoms with van der Waals surface area (Å²) in [6, 6.07) is 0.566. The van der Waals surface area contributed by atoms with E-state index in [9.17, 15) is 4.79 Å². The van der Waals surface area contributed by atoms with E-state index in [2.05, 4.69) is 18.7 Å². The lowest BCUT2D eigenvalue weighted by atomic mass is 9.87. The molecule has 0 saturated carbocycles. The molecule has 3 nitrogen and oxygen atoms in total. The standard InChI is InChI=1S/C12H23NO2/c1-5-15-12(11(4)14)6-8-13(9-7-12)10(2)3/h10H,5-9H2,1-4H3. The molecule has 1 aliphatic heterocycles. The average Bonchev–Trinajstić information content (AvgIpc) is 2.18. The number of carbonyl (C=O) groups is 1. The normalized spacial score (nSPS) is 21.9. The van der Waals surface area contributed by atoms with Crippen LogP contribution in [-0.4, -0.2) is 42.0 Å². The van der Waals surface area contributed by atoms with Gasteiger partial charge in [0, 0.05) is 25.7 Å². The van der Waals surface area contributed by atoms with Gasteiger partial charge < -0.3 is 9.64 Å². The molecule has 0 atom stereocenters. The van der Waals surface area contributed by atoms with Gasteiger partial charge in [0.25, 0.3) is 0 Å². The van der Waals surface area contributed by atoms with Crippen molar-refractivity contribution in [3.05, 3.63) is 0 Å². The Labute approximate surface area is 92.8 Å². The maximum Gasteiger partial charge on any atom is 0.161 e. The fraction of sp³-hybridized carbons (Fsp3) is 0.917. The summed E-state index contributed by atoms with van der Waals surface area (Å²) in [5.41, 5.74) is -0.486. The maximum absolute atomic E-state index is 11.6. The molecule has 0 aliphatic carbocycles. The summed E-state index contributed by atoms with van der Waals surface area (Å²) >= 11 is 0. The number of carbonyl (C=O) groups excluding carboxylic acids is 1. The summed E-state index contributed by atoms with van der Waals surface area (Å²) < 4.78 is 5.68.